The van der Waals surface area contributed by atoms with E-state index < -0.39 is 0 Å². The smallest absolute Gasteiger partial charge is 0.226 e. The molecule has 5 unspecified atom stereocenters. The predicted octanol–water partition coefficient (Wildman–Crippen LogP) is 2.18. The van der Waals surface area contributed by atoms with Crippen LogP contribution in [0, 0.1) is 23.7 Å². The number of aliphatic hydroxyl groups is 1. The Bertz CT molecular complexity index is 373. The standard InChI is InChI=1S/C16H25NO2/c18-14-8-2-6-12(14)13-7-3-9-17(13)16(19)15-10-4-1-5-11(10)15/h10-15,18H,1-9H2. The molecule has 4 rings (SSSR count). The van der Waals surface area contributed by atoms with Gasteiger partial charge in [0.2, 0.25) is 5.91 Å². The lowest BCUT2D eigenvalue weighted by Gasteiger charge is -2.31. The van der Waals surface area contributed by atoms with E-state index in [2.05, 4.69) is 4.90 Å². The lowest BCUT2D eigenvalue weighted by atomic mass is 9.93. The van der Waals surface area contributed by atoms with Gasteiger partial charge in [0.25, 0.3) is 0 Å². The van der Waals surface area contributed by atoms with Crippen LogP contribution >= 0.6 is 0 Å². The van der Waals surface area contributed by atoms with E-state index in [0.717, 1.165) is 50.5 Å². The van der Waals surface area contributed by atoms with Crippen molar-refractivity contribution in [1.82, 2.24) is 4.90 Å². The van der Waals surface area contributed by atoms with Crippen LogP contribution in [-0.4, -0.2) is 34.6 Å². The molecule has 3 aliphatic carbocycles. The number of rotatable bonds is 2. The average Bonchev–Trinajstić information content (AvgIpc) is 2.91. The molecule has 4 aliphatic rings. The van der Waals surface area contributed by atoms with Crippen LogP contribution in [0.4, 0.5) is 0 Å². The second-order valence-corrected chi connectivity index (χ2v) is 7.19. The zero-order valence-corrected chi connectivity index (χ0v) is 11.6. The van der Waals surface area contributed by atoms with Crippen molar-refractivity contribution in [2.75, 3.05) is 6.54 Å². The minimum absolute atomic E-state index is 0.155. The normalized spacial score (nSPS) is 48.6. The molecular weight excluding hydrogens is 238 g/mol. The molecule has 0 bridgehead atoms. The first-order chi connectivity index (χ1) is 9.27. The fourth-order valence-corrected chi connectivity index (χ4v) is 5.31. The van der Waals surface area contributed by atoms with Gasteiger partial charge in [-0.2, -0.15) is 0 Å². The van der Waals surface area contributed by atoms with E-state index in [4.69, 9.17) is 0 Å². The third kappa shape index (κ3) is 1.84. The van der Waals surface area contributed by atoms with E-state index in [1.54, 1.807) is 0 Å². The fourth-order valence-electron chi connectivity index (χ4n) is 5.31. The highest BCUT2D eigenvalue weighted by Gasteiger charge is 2.58. The van der Waals surface area contributed by atoms with Gasteiger partial charge in [-0.25, -0.2) is 0 Å². The lowest BCUT2D eigenvalue weighted by molar-refractivity contribution is -0.135. The van der Waals surface area contributed by atoms with Gasteiger partial charge in [0.1, 0.15) is 0 Å². The zero-order valence-electron chi connectivity index (χ0n) is 11.6. The summed E-state index contributed by atoms with van der Waals surface area (Å²) >= 11 is 0. The van der Waals surface area contributed by atoms with Gasteiger partial charge >= 0.3 is 0 Å². The van der Waals surface area contributed by atoms with Crippen LogP contribution in [0.2, 0.25) is 0 Å². The Morgan fingerprint density at radius 1 is 0.895 bits per heavy atom. The summed E-state index contributed by atoms with van der Waals surface area (Å²) in [5.74, 6) is 2.62. The Morgan fingerprint density at radius 3 is 2.26 bits per heavy atom. The molecule has 1 saturated heterocycles. The Balaban J connectivity index is 1.46. The molecular formula is C16H25NO2. The van der Waals surface area contributed by atoms with Crippen LogP contribution in [0.5, 0.6) is 0 Å². The van der Waals surface area contributed by atoms with Crippen LogP contribution in [-0.2, 0) is 4.79 Å². The molecule has 1 heterocycles. The Kier molecular flexibility index (Phi) is 2.87. The maximum atomic E-state index is 12.7. The van der Waals surface area contributed by atoms with E-state index in [9.17, 15) is 9.90 Å². The summed E-state index contributed by atoms with van der Waals surface area (Å²) in [5, 5.41) is 10.1. The number of amides is 1. The summed E-state index contributed by atoms with van der Waals surface area (Å²) in [5.41, 5.74) is 0. The summed E-state index contributed by atoms with van der Waals surface area (Å²) < 4.78 is 0. The number of hydrogen-bond donors (Lipinski definition) is 1. The minimum Gasteiger partial charge on any atom is -0.393 e. The van der Waals surface area contributed by atoms with Crippen molar-refractivity contribution in [1.29, 1.82) is 0 Å². The number of carbonyl (C=O) groups excluding carboxylic acids is 1. The summed E-state index contributed by atoms with van der Waals surface area (Å²) in [7, 11) is 0. The molecule has 0 spiro atoms. The summed E-state index contributed by atoms with van der Waals surface area (Å²) in [6, 6.07) is 0.353. The van der Waals surface area contributed by atoms with Crippen molar-refractivity contribution in [3.05, 3.63) is 0 Å². The molecule has 1 amide bonds. The van der Waals surface area contributed by atoms with Crippen molar-refractivity contribution in [3.63, 3.8) is 0 Å². The second kappa shape index (κ2) is 4.47. The van der Waals surface area contributed by atoms with Gasteiger partial charge in [-0.15, -0.1) is 0 Å². The maximum absolute atomic E-state index is 12.7. The SMILES string of the molecule is O=C(C1C2CCCC21)N1CCCC1C1CCCC1O. The first-order valence-corrected chi connectivity index (χ1v) is 8.26. The van der Waals surface area contributed by atoms with E-state index in [1.807, 2.05) is 0 Å². The monoisotopic (exact) mass is 263 g/mol. The number of nitrogens with zero attached hydrogens (tertiary/aromatic N) is 1. The predicted molar refractivity (Wildman–Crippen MR) is 72.4 cm³/mol. The van der Waals surface area contributed by atoms with Crippen LogP contribution < -0.4 is 0 Å². The van der Waals surface area contributed by atoms with Crippen molar-refractivity contribution >= 4 is 5.91 Å². The molecule has 0 aromatic rings. The Morgan fingerprint density at radius 2 is 1.58 bits per heavy atom. The largest absolute Gasteiger partial charge is 0.393 e. The van der Waals surface area contributed by atoms with Gasteiger partial charge in [0, 0.05) is 24.4 Å². The number of aliphatic hydroxyl groups excluding tert-OH is 1. The van der Waals surface area contributed by atoms with Crippen molar-refractivity contribution in [2.24, 2.45) is 23.7 Å². The number of carbonyl (C=O) groups is 1. The molecule has 3 nitrogen and oxygen atoms in total. The third-order valence-electron chi connectivity index (χ3n) is 6.30. The van der Waals surface area contributed by atoms with Crippen molar-refractivity contribution in [2.45, 2.75) is 63.5 Å². The third-order valence-corrected chi connectivity index (χ3v) is 6.30. The van der Waals surface area contributed by atoms with Crippen LogP contribution in [0.15, 0.2) is 0 Å². The van der Waals surface area contributed by atoms with E-state index in [-0.39, 0.29) is 6.10 Å². The van der Waals surface area contributed by atoms with Crippen molar-refractivity contribution in [3.8, 4) is 0 Å². The fraction of sp³-hybridized carbons (Fsp3) is 0.938. The molecule has 0 radical (unpaired) electrons. The van der Waals surface area contributed by atoms with Crippen LogP contribution in [0.1, 0.15) is 51.4 Å². The summed E-state index contributed by atoms with van der Waals surface area (Å²) in [6.45, 7) is 0.947. The van der Waals surface area contributed by atoms with E-state index >= 15 is 0 Å². The molecule has 5 atom stereocenters. The highest BCUT2D eigenvalue weighted by molar-refractivity contribution is 5.83. The maximum Gasteiger partial charge on any atom is 0.226 e. The van der Waals surface area contributed by atoms with Crippen molar-refractivity contribution < 1.29 is 9.90 Å². The molecule has 1 aliphatic heterocycles. The van der Waals surface area contributed by atoms with Crippen LogP contribution in [0.25, 0.3) is 0 Å². The Hall–Kier alpha value is -0.570. The number of likely N-dealkylation sites (tertiary alicyclic amines) is 1. The van der Waals surface area contributed by atoms with Gasteiger partial charge in [-0.1, -0.05) is 12.8 Å². The van der Waals surface area contributed by atoms with Gasteiger partial charge in [0.15, 0.2) is 0 Å². The molecule has 3 heteroatoms. The summed E-state index contributed by atoms with van der Waals surface area (Å²) in [6.07, 6.45) is 9.21. The quantitative estimate of drug-likeness (QED) is 0.829. The zero-order chi connectivity index (χ0) is 13.0. The summed E-state index contributed by atoms with van der Waals surface area (Å²) in [4.78, 5) is 14.9. The molecule has 19 heavy (non-hydrogen) atoms. The Labute approximate surface area is 115 Å². The molecule has 0 aromatic carbocycles. The molecule has 1 N–H and O–H groups in total. The van der Waals surface area contributed by atoms with Gasteiger partial charge in [-0.05, 0) is 50.4 Å². The van der Waals surface area contributed by atoms with Gasteiger partial charge < -0.3 is 10.0 Å². The number of hydrogen-bond acceptors (Lipinski definition) is 2. The lowest BCUT2D eigenvalue weighted by Crippen LogP contribution is -2.43. The molecule has 4 fully saturated rings. The topological polar surface area (TPSA) is 40.5 Å². The first-order valence-electron chi connectivity index (χ1n) is 8.26. The first kappa shape index (κ1) is 12.2. The number of fused-ring (bicyclic) bond motifs is 1. The van der Waals surface area contributed by atoms with E-state index in [0.29, 0.717) is 23.8 Å². The molecule has 3 saturated carbocycles. The van der Waals surface area contributed by atoms with Crippen LogP contribution in [0.3, 0.4) is 0 Å². The van der Waals surface area contributed by atoms with E-state index in [1.165, 1.54) is 19.3 Å². The van der Waals surface area contributed by atoms with Gasteiger partial charge in [-0.3, -0.25) is 4.79 Å². The average molecular weight is 263 g/mol. The molecule has 106 valence electrons. The highest BCUT2D eigenvalue weighted by atomic mass is 16.3. The highest BCUT2D eigenvalue weighted by Crippen LogP contribution is 2.58. The minimum atomic E-state index is -0.155. The second-order valence-electron chi connectivity index (χ2n) is 7.19. The van der Waals surface area contributed by atoms with Gasteiger partial charge in [0.05, 0.1) is 6.10 Å². The molecule has 0 aromatic heterocycles.